The number of hydrogen-bond donors (Lipinski definition) is 1. The van der Waals surface area contributed by atoms with Gasteiger partial charge in [0.05, 0.1) is 22.6 Å². The van der Waals surface area contributed by atoms with Gasteiger partial charge in [-0.2, -0.15) is 5.26 Å². The first-order valence-corrected chi connectivity index (χ1v) is 9.55. The number of aromatic amines is 1. The summed E-state index contributed by atoms with van der Waals surface area (Å²) in [4.78, 5) is 45.8. The van der Waals surface area contributed by atoms with E-state index in [9.17, 15) is 14.4 Å². The molecule has 0 aliphatic heterocycles. The highest BCUT2D eigenvalue weighted by atomic mass is 16.2. The van der Waals surface area contributed by atoms with Gasteiger partial charge in [-0.3, -0.25) is 19.1 Å². The number of nitrogens with one attached hydrogen (secondary N) is 1. The predicted molar refractivity (Wildman–Crippen MR) is 111 cm³/mol. The molecule has 1 fully saturated rings. The fraction of sp³-hybridized carbons (Fsp3) is 0.227. The monoisotopic (exact) mass is 401 g/mol. The van der Waals surface area contributed by atoms with Crippen LogP contribution in [0.25, 0.3) is 11.0 Å². The molecule has 1 amide bonds. The normalized spacial score (nSPS) is 13.0. The summed E-state index contributed by atoms with van der Waals surface area (Å²) in [5.74, 6) is -0.308. The number of aromatic nitrogens is 3. The van der Waals surface area contributed by atoms with Crippen molar-refractivity contribution in [1.82, 2.24) is 19.4 Å². The van der Waals surface area contributed by atoms with Crippen molar-refractivity contribution in [2.24, 2.45) is 0 Å². The van der Waals surface area contributed by atoms with Crippen LogP contribution in [0.5, 0.6) is 0 Å². The van der Waals surface area contributed by atoms with E-state index < -0.39 is 11.2 Å². The van der Waals surface area contributed by atoms with Crippen LogP contribution in [0.4, 0.5) is 0 Å². The average Bonchev–Trinajstić information content (AvgIpc) is 3.58. The first-order valence-electron chi connectivity index (χ1n) is 9.55. The van der Waals surface area contributed by atoms with Crippen LogP contribution in [0, 0.1) is 11.3 Å². The molecule has 0 radical (unpaired) electrons. The van der Waals surface area contributed by atoms with Crippen LogP contribution in [0.15, 0.2) is 58.8 Å². The number of hydrogen-bond acceptors (Lipinski definition) is 5. The first-order chi connectivity index (χ1) is 14.5. The molecule has 0 unspecified atom stereocenters. The lowest BCUT2D eigenvalue weighted by molar-refractivity contribution is 0.0762. The third-order valence-corrected chi connectivity index (χ3v) is 5.03. The van der Waals surface area contributed by atoms with Crippen LogP contribution in [0.1, 0.15) is 40.4 Å². The molecule has 8 heteroatoms. The van der Waals surface area contributed by atoms with E-state index in [0.717, 1.165) is 18.4 Å². The zero-order valence-electron chi connectivity index (χ0n) is 16.2. The molecular weight excluding hydrogens is 382 g/mol. The van der Waals surface area contributed by atoms with Crippen molar-refractivity contribution in [3.05, 3.63) is 86.7 Å². The molecular formula is C22H19N5O3. The van der Waals surface area contributed by atoms with Crippen molar-refractivity contribution >= 4 is 16.9 Å². The van der Waals surface area contributed by atoms with Crippen molar-refractivity contribution in [3.8, 4) is 6.07 Å². The Balaban J connectivity index is 1.69. The fourth-order valence-corrected chi connectivity index (χ4v) is 3.39. The Morgan fingerprint density at radius 2 is 2.07 bits per heavy atom. The number of pyridine rings is 1. The maximum atomic E-state index is 13.1. The number of carbonyl (C=O) groups excluding carboxylic acids is 1. The summed E-state index contributed by atoms with van der Waals surface area (Å²) in [5, 5.41) is 9.14. The van der Waals surface area contributed by atoms with Crippen LogP contribution in [-0.2, 0) is 6.54 Å². The molecule has 30 heavy (non-hydrogen) atoms. The van der Waals surface area contributed by atoms with Gasteiger partial charge in [0, 0.05) is 25.3 Å². The zero-order valence-corrected chi connectivity index (χ0v) is 16.2. The minimum atomic E-state index is -0.559. The molecule has 3 aromatic rings. The molecule has 0 atom stereocenters. The van der Waals surface area contributed by atoms with E-state index in [2.05, 4.69) is 22.6 Å². The van der Waals surface area contributed by atoms with E-state index in [1.165, 1.54) is 16.8 Å². The number of amides is 1. The van der Waals surface area contributed by atoms with Gasteiger partial charge in [-0.05, 0) is 36.6 Å². The molecule has 1 N–H and O–H groups in total. The van der Waals surface area contributed by atoms with Crippen molar-refractivity contribution in [2.75, 3.05) is 6.54 Å². The van der Waals surface area contributed by atoms with Gasteiger partial charge in [-0.1, -0.05) is 18.2 Å². The van der Waals surface area contributed by atoms with E-state index in [1.54, 1.807) is 35.2 Å². The largest absolute Gasteiger partial charge is 0.331 e. The molecule has 1 saturated carbocycles. The minimum Gasteiger partial charge on any atom is -0.331 e. The highest BCUT2D eigenvalue weighted by Gasteiger charge is 2.28. The molecule has 8 nitrogen and oxygen atoms in total. The number of rotatable bonds is 6. The standard InChI is InChI=1S/C22H19N5O3/c1-2-9-26(13-15-5-3-14(11-23)4-6-15)21(29)16-10-18-19(24-12-16)27(17-7-8-17)22(30)25-20(18)28/h2-6,10,12,17H,1,7-9,13H2,(H,25,28,30). The van der Waals surface area contributed by atoms with Crippen molar-refractivity contribution in [1.29, 1.82) is 5.26 Å². The minimum absolute atomic E-state index is 0.0412. The van der Waals surface area contributed by atoms with E-state index >= 15 is 0 Å². The molecule has 1 aliphatic carbocycles. The number of H-pyrrole nitrogens is 1. The zero-order chi connectivity index (χ0) is 21.3. The van der Waals surface area contributed by atoms with E-state index in [-0.39, 0.29) is 22.9 Å². The third-order valence-electron chi connectivity index (χ3n) is 5.03. The summed E-state index contributed by atoms with van der Waals surface area (Å²) in [5.41, 5.74) is 0.917. The highest BCUT2D eigenvalue weighted by molar-refractivity contribution is 5.96. The Kier molecular flexibility index (Phi) is 5.02. The van der Waals surface area contributed by atoms with Gasteiger partial charge < -0.3 is 4.90 Å². The Morgan fingerprint density at radius 3 is 2.70 bits per heavy atom. The predicted octanol–water partition coefficient (Wildman–Crippen LogP) is 2.12. The maximum absolute atomic E-state index is 13.1. The van der Waals surface area contributed by atoms with Crippen LogP contribution in [-0.4, -0.2) is 31.9 Å². The van der Waals surface area contributed by atoms with E-state index in [0.29, 0.717) is 24.3 Å². The molecule has 2 heterocycles. The lowest BCUT2D eigenvalue weighted by Crippen LogP contribution is -2.32. The molecule has 2 aromatic heterocycles. The van der Waals surface area contributed by atoms with Crippen molar-refractivity contribution in [3.63, 3.8) is 0 Å². The Bertz CT molecular complexity index is 1290. The second kappa shape index (κ2) is 7.79. The van der Waals surface area contributed by atoms with Crippen LogP contribution < -0.4 is 11.2 Å². The Morgan fingerprint density at radius 1 is 1.33 bits per heavy atom. The fourth-order valence-electron chi connectivity index (χ4n) is 3.39. The third kappa shape index (κ3) is 3.65. The smallest absolute Gasteiger partial charge is 0.330 e. The molecule has 1 aromatic carbocycles. The first kappa shape index (κ1) is 19.3. The Labute approximate surface area is 171 Å². The number of nitriles is 1. The molecule has 0 spiro atoms. The van der Waals surface area contributed by atoms with Crippen molar-refractivity contribution in [2.45, 2.75) is 25.4 Å². The highest BCUT2D eigenvalue weighted by Crippen LogP contribution is 2.34. The summed E-state index contributed by atoms with van der Waals surface area (Å²) in [6.07, 6.45) is 4.74. The number of carbonyl (C=O) groups is 1. The van der Waals surface area contributed by atoms with Crippen LogP contribution in [0.2, 0.25) is 0 Å². The lowest BCUT2D eigenvalue weighted by atomic mass is 10.1. The molecule has 0 saturated heterocycles. The summed E-state index contributed by atoms with van der Waals surface area (Å²) in [6, 6.07) is 10.6. The quantitative estimate of drug-likeness (QED) is 0.636. The van der Waals surface area contributed by atoms with E-state index in [4.69, 9.17) is 5.26 Å². The van der Waals surface area contributed by atoms with Gasteiger partial charge >= 0.3 is 5.69 Å². The van der Waals surface area contributed by atoms with Crippen LogP contribution in [0.3, 0.4) is 0 Å². The second-order valence-electron chi connectivity index (χ2n) is 7.24. The summed E-state index contributed by atoms with van der Waals surface area (Å²) in [7, 11) is 0. The summed E-state index contributed by atoms with van der Waals surface area (Å²) >= 11 is 0. The summed E-state index contributed by atoms with van der Waals surface area (Å²) < 4.78 is 1.49. The molecule has 4 rings (SSSR count). The van der Waals surface area contributed by atoms with Gasteiger partial charge in [0.1, 0.15) is 5.65 Å². The molecule has 0 bridgehead atoms. The Hall–Kier alpha value is -3.99. The van der Waals surface area contributed by atoms with Crippen LogP contribution >= 0.6 is 0 Å². The topological polar surface area (TPSA) is 112 Å². The molecule has 1 aliphatic rings. The molecule has 150 valence electrons. The van der Waals surface area contributed by atoms with Gasteiger partial charge in [-0.15, -0.1) is 6.58 Å². The number of fused-ring (bicyclic) bond motifs is 1. The van der Waals surface area contributed by atoms with Gasteiger partial charge in [0.25, 0.3) is 11.5 Å². The van der Waals surface area contributed by atoms with Crippen molar-refractivity contribution < 1.29 is 4.79 Å². The van der Waals surface area contributed by atoms with Gasteiger partial charge in [-0.25, -0.2) is 9.78 Å². The lowest BCUT2D eigenvalue weighted by Gasteiger charge is -2.21. The van der Waals surface area contributed by atoms with E-state index in [1.807, 2.05) is 0 Å². The maximum Gasteiger partial charge on any atom is 0.330 e. The van der Waals surface area contributed by atoms with Gasteiger partial charge in [0.2, 0.25) is 0 Å². The van der Waals surface area contributed by atoms with Gasteiger partial charge in [0.15, 0.2) is 0 Å². The SMILES string of the molecule is C=CCN(Cc1ccc(C#N)cc1)C(=O)c1cnc2c(c1)c(=O)[nH]c(=O)n2C1CC1. The number of nitrogens with zero attached hydrogens (tertiary/aromatic N) is 4. The summed E-state index contributed by atoms with van der Waals surface area (Å²) in [6.45, 7) is 4.32. The average molecular weight is 401 g/mol. The number of benzene rings is 1. The second-order valence-corrected chi connectivity index (χ2v) is 7.24.